The van der Waals surface area contributed by atoms with Gasteiger partial charge in [-0.2, -0.15) is 0 Å². The zero-order chi connectivity index (χ0) is 32.7. The van der Waals surface area contributed by atoms with Gasteiger partial charge in [0, 0.05) is 24.3 Å². The van der Waals surface area contributed by atoms with Gasteiger partial charge in [0.2, 0.25) is 0 Å². The van der Waals surface area contributed by atoms with Crippen molar-refractivity contribution in [2.75, 3.05) is 14.2 Å². The molecule has 45 heavy (non-hydrogen) atoms. The molecule has 13 heteroatoms. The van der Waals surface area contributed by atoms with E-state index in [1.807, 2.05) is 0 Å². The average molecular weight is 625 g/mol. The first kappa shape index (κ1) is 30.4. The highest BCUT2D eigenvalue weighted by Gasteiger charge is 2.64. The van der Waals surface area contributed by atoms with E-state index in [-0.39, 0.29) is 47.5 Å². The van der Waals surface area contributed by atoms with Crippen molar-refractivity contribution in [1.29, 1.82) is 0 Å². The molecule has 13 nitrogen and oxygen atoms in total. The predicted molar refractivity (Wildman–Crippen MR) is 152 cm³/mol. The normalized spacial score (nSPS) is 33.8. The van der Waals surface area contributed by atoms with Crippen LogP contribution in [0.5, 0.6) is 11.5 Å². The van der Waals surface area contributed by atoms with E-state index in [0.29, 0.717) is 0 Å². The van der Waals surface area contributed by atoms with Crippen LogP contribution in [0.4, 0.5) is 0 Å². The van der Waals surface area contributed by atoms with Gasteiger partial charge in [-0.25, -0.2) is 9.59 Å². The highest BCUT2D eigenvalue weighted by atomic mass is 16.6. The zero-order valence-corrected chi connectivity index (χ0v) is 24.8. The molecular weight excluding hydrogens is 592 g/mol. The maximum atomic E-state index is 13.2. The minimum absolute atomic E-state index is 0.0170. The number of methoxy groups -OCH3 is 2. The fourth-order valence-electron chi connectivity index (χ4n) is 7.21. The summed E-state index contributed by atoms with van der Waals surface area (Å²) in [4.78, 5) is 52.3. The maximum absolute atomic E-state index is 13.2. The molecule has 0 aromatic heterocycles. The molecule has 2 heterocycles. The third-order valence-corrected chi connectivity index (χ3v) is 9.47. The summed E-state index contributed by atoms with van der Waals surface area (Å²) in [6, 6.07) is 2.80. The molecule has 1 aromatic carbocycles. The van der Waals surface area contributed by atoms with Crippen LogP contribution in [0.25, 0.3) is 5.76 Å². The maximum Gasteiger partial charge on any atom is 0.358 e. The Labute approximate surface area is 256 Å². The third-order valence-electron chi connectivity index (χ3n) is 9.47. The summed E-state index contributed by atoms with van der Waals surface area (Å²) in [5, 5.41) is 56.3. The molecule has 1 aromatic rings. The largest absolute Gasteiger partial charge is 0.507 e. The van der Waals surface area contributed by atoms with Crippen molar-refractivity contribution in [3.8, 4) is 11.5 Å². The standard InChI is InChI=1S/C32H32O13/c1-12-9-17(33)22-25(36)16-11-14(5-7-19(16)44-31(22,27(12)38)29(40)42-3)15-6-8-20-21(24(15)35)26(37)23-18(34)10-13(2)28(39)32(23,45-20)30(41)43-4/h6-8,11-14,27-28,35-39H,5,9-10H2,1-4H3. The highest BCUT2D eigenvalue weighted by Crippen LogP contribution is 2.54. The quantitative estimate of drug-likeness (QED) is 0.305. The van der Waals surface area contributed by atoms with Crippen molar-refractivity contribution in [3.05, 3.63) is 63.6 Å². The number of phenolic OH excluding ortho intramolecular Hbond substituents is 1. The van der Waals surface area contributed by atoms with Gasteiger partial charge in [-0.1, -0.05) is 26.0 Å². The van der Waals surface area contributed by atoms with Gasteiger partial charge in [0.1, 0.15) is 46.5 Å². The van der Waals surface area contributed by atoms with E-state index < -0.39 is 93.1 Å². The van der Waals surface area contributed by atoms with Gasteiger partial charge in [-0.15, -0.1) is 0 Å². The first-order valence-electron chi connectivity index (χ1n) is 14.4. The summed E-state index contributed by atoms with van der Waals surface area (Å²) < 4.78 is 21.7. The molecule has 2 aliphatic heterocycles. The van der Waals surface area contributed by atoms with Crippen molar-refractivity contribution < 1.29 is 63.7 Å². The lowest BCUT2D eigenvalue weighted by atomic mass is 9.68. The second-order valence-corrected chi connectivity index (χ2v) is 12.1. The molecule has 0 bridgehead atoms. The highest BCUT2D eigenvalue weighted by molar-refractivity contribution is 6.12. The minimum Gasteiger partial charge on any atom is -0.507 e. The number of allylic oxidation sites excluding steroid dienone is 2. The molecule has 3 aliphatic carbocycles. The Morgan fingerprint density at radius 2 is 1.38 bits per heavy atom. The van der Waals surface area contributed by atoms with Crippen LogP contribution in [0.2, 0.25) is 0 Å². The van der Waals surface area contributed by atoms with Crippen LogP contribution in [0.3, 0.4) is 0 Å². The molecule has 5 aliphatic rings. The fourth-order valence-corrected chi connectivity index (χ4v) is 7.21. The smallest absolute Gasteiger partial charge is 0.358 e. The Bertz CT molecular complexity index is 1700. The summed E-state index contributed by atoms with van der Waals surface area (Å²) >= 11 is 0. The van der Waals surface area contributed by atoms with Crippen LogP contribution < -0.4 is 4.74 Å². The first-order chi connectivity index (χ1) is 21.3. The van der Waals surface area contributed by atoms with Gasteiger partial charge >= 0.3 is 11.9 Å². The zero-order valence-electron chi connectivity index (χ0n) is 24.8. The number of ether oxygens (including phenoxy) is 4. The Morgan fingerprint density at radius 3 is 1.93 bits per heavy atom. The molecular formula is C32H32O13. The molecule has 0 spiro atoms. The van der Waals surface area contributed by atoms with Crippen LogP contribution in [-0.2, 0) is 33.4 Å². The van der Waals surface area contributed by atoms with Crippen molar-refractivity contribution in [1.82, 2.24) is 0 Å². The van der Waals surface area contributed by atoms with E-state index in [1.165, 1.54) is 24.3 Å². The van der Waals surface area contributed by atoms with Crippen LogP contribution in [-0.4, -0.2) is 86.7 Å². The number of rotatable bonds is 3. The number of esters is 2. The summed E-state index contributed by atoms with van der Waals surface area (Å²) in [7, 11) is 2.13. The summed E-state index contributed by atoms with van der Waals surface area (Å²) in [5.41, 5.74) is -5.62. The Morgan fingerprint density at radius 1 is 0.844 bits per heavy atom. The topological polar surface area (TPSA) is 206 Å². The van der Waals surface area contributed by atoms with Crippen molar-refractivity contribution in [2.24, 2.45) is 11.8 Å². The molecule has 0 amide bonds. The van der Waals surface area contributed by atoms with E-state index in [9.17, 15) is 44.7 Å². The monoisotopic (exact) mass is 624 g/mol. The SMILES string of the molecule is COC(=O)C12OC3=CCC(c4ccc5c(c4O)C(O)=C4C(=O)CC(C)C(O)C4(C(=O)OC)O5)C=C3C(O)=C1C(=O)CC(C)C2O. The van der Waals surface area contributed by atoms with Crippen molar-refractivity contribution in [3.63, 3.8) is 0 Å². The fraction of sp³-hybridized carbons (Fsp3) is 0.438. The van der Waals surface area contributed by atoms with Crippen LogP contribution in [0, 0.1) is 11.8 Å². The number of fused-ring (bicyclic) bond motifs is 4. The molecule has 2 fully saturated rings. The van der Waals surface area contributed by atoms with Crippen LogP contribution in [0.1, 0.15) is 50.2 Å². The number of hydrogen-bond acceptors (Lipinski definition) is 13. The van der Waals surface area contributed by atoms with Gasteiger partial charge < -0.3 is 44.5 Å². The molecule has 0 saturated heterocycles. The second kappa shape index (κ2) is 10.2. The Kier molecular flexibility index (Phi) is 6.90. The second-order valence-electron chi connectivity index (χ2n) is 12.1. The number of carbonyl (C=O) groups is 4. The van der Waals surface area contributed by atoms with Crippen molar-refractivity contribution >= 4 is 29.3 Å². The minimum atomic E-state index is -2.35. The molecule has 0 radical (unpaired) electrons. The summed E-state index contributed by atoms with van der Waals surface area (Å²) in [6.45, 7) is 3.13. The van der Waals surface area contributed by atoms with E-state index >= 15 is 0 Å². The van der Waals surface area contributed by atoms with Gasteiger partial charge in [-0.3, -0.25) is 9.59 Å². The number of aromatic hydroxyl groups is 1. The predicted octanol–water partition coefficient (Wildman–Crippen LogP) is 1.96. The molecule has 5 N–H and O–H groups in total. The molecule has 7 atom stereocenters. The summed E-state index contributed by atoms with van der Waals surface area (Å²) in [6.07, 6.45) is -0.254. The van der Waals surface area contributed by atoms with E-state index in [2.05, 4.69) is 0 Å². The Balaban J connectivity index is 1.47. The average Bonchev–Trinajstić information content (AvgIpc) is 3.01. The molecule has 7 unspecified atom stereocenters. The number of carbonyl (C=O) groups excluding carboxylic acids is 4. The number of phenols is 1. The van der Waals surface area contributed by atoms with Crippen LogP contribution in [0.15, 0.2) is 52.5 Å². The number of ketones is 2. The van der Waals surface area contributed by atoms with Gasteiger partial charge in [0.25, 0.3) is 11.2 Å². The van der Waals surface area contributed by atoms with E-state index in [4.69, 9.17) is 18.9 Å². The summed E-state index contributed by atoms with van der Waals surface area (Å²) in [5.74, 6) is -7.51. The number of aliphatic hydroxyl groups excluding tert-OH is 4. The number of benzene rings is 1. The molecule has 2 saturated carbocycles. The van der Waals surface area contributed by atoms with E-state index in [0.717, 1.165) is 14.2 Å². The Hall–Kier alpha value is -4.62. The van der Waals surface area contributed by atoms with Gasteiger partial charge in [0.15, 0.2) is 11.6 Å². The molecule has 6 rings (SSSR count). The lowest BCUT2D eigenvalue weighted by molar-refractivity contribution is -0.182. The van der Waals surface area contributed by atoms with Crippen LogP contribution >= 0.6 is 0 Å². The number of aliphatic hydroxyl groups is 4. The number of Topliss-reactive ketones (excluding diaryl/α,β-unsaturated/α-hetero) is 2. The number of hydrogen-bond donors (Lipinski definition) is 5. The van der Waals surface area contributed by atoms with E-state index in [1.54, 1.807) is 13.8 Å². The lowest BCUT2D eigenvalue weighted by Crippen LogP contribution is -2.64. The molecule has 238 valence electrons. The first-order valence-corrected chi connectivity index (χ1v) is 14.4. The van der Waals surface area contributed by atoms with Gasteiger partial charge in [-0.05, 0) is 30.4 Å². The van der Waals surface area contributed by atoms with Gasteiger partial charge in [0.05, 0.1) is 30.9 Å². The lowest BCUT2D eigenvalue weighted by Gasteiger charge is -2.46. The third kappa shape index (κ3) is 3.86. The van der Waals surface area contributed by atoms with Crippen molar-refractivity contribution in [2.45, 2.75) is 62.4 Å².